The van der Waals surface area contributed by atoms with Crippen molar-refractivity contribution in [1.29, 1.82) is 0 Å². The van der Waals surface area contributed by atoms with Crippen LogP contribution < -0.4 is 5.32 Å². The van der Waals surface area contributed by atoms with Gasteiger partial charge in [-0.05, 0) is 46.5 Å². The first-order chi connectivity index (χ1) is 7.25. The molecule has 1 aromatic rings. The van der Waals surface area contributed by atoms with Crippen LogP contribution in [-0.4, -0.2) is 6.04 Å². The maximum Gasteiger partial charge on any atom is 0.0551 e. The summed E-state index contributed by atoms with van der Waals surface area (Å²) in [5, 5.41) is 4.36. The summed E-state index contributed by atoms with van der Waals surface area (Å²) in [5.74, 6) is 0. The minimum atomic E-state index is 0.715. The van der Waals surface area contributed by atoms with E-state index >= 15 is 0 Å². The maximum absolute atomic E-state index is 6.03. The van der Waals surface area contributed by atoms with Gasteiger partial charge in [0.1, 0.15) is 0 Å². The molecule has 2 rings (SSSR count). The van der Waals surface area contributed by atoms with Crippen LogP contribution in [0.25, 0.3) is 0 Å². The number of hydrogen-bond acceptors (Lipinski definition) is 1. The van der Waals surface area contributed by atoms with Crippen molar-refractivity contribution in [2.45, 2.75) is 38.3 Å². The molecule has 1 aliphatic carbocycles. The first-order valence-corrected chi connectivity index (χ1v) is 6.60. The summed E-state index contributed by atoms with van der Waals surface area (Å²) in [6.45, 7) is 0.928. The zero-order valence-electron chi connectivity index (χ0n) is 8.60. The van der Waals surface area contributed by atoms with E-state index < -0.39 is 0 Å². The quantitative estimate of drug-likeness (QED) is 0.881. The van der Waals surface area contributed by atoms with Crippen LogP contribution in [0.2, 0.25) is 5.02 Å². The van der Waals surface area contributed by atoms with Gasteiger partial charge in [0.05, 0.1) is 5.02 Å². The van der Waals surface area contributed by atoms with E-state index in [2.05, 4.69) is 27.3 Å². The molecule has 0 unspecified atom stereocenters. The standard InChI is InChI=1S/C12H15BrClN/c13-11-6-5-9(7-12(11)14)8-15-10-3-1-2-4-10/h5-7,10,15H,1-4,8H2. The van der Waals surface area contributed by atoms with E-state index in [9.17, 15) is 0 Å². The minimum absolute atomic E-state index is 0.715. The number of halogens is 2. The highest BCUT2D eigenvalue weighted by atomic mass is 79.9. The first kappa shape index (κ1) is 11.4. The molecular weight excluding hydrogens is 273 g/mol. The molecule has 3 heteroatoms. The SMILES string of the molecule is Clc1cc(CNC2CCCC2)ccc1Br. The van der Waals surface area contributed by atoms with Crippen molar-refractivity contribution in [3.63, 3.8) is 0 Å². The highest BCUT2D eigenvalue weighted by Crippen LogP contribution is 2.23. The molecule has 1 aromatic carbocycles. The number of benzene rings is 1. The van der Waals surface area contributed by atoms with Crippen LogP contribution in [0.3, 0.4) is 0 Å². The fourth-order valence-corrected chi connectivity index (χ4v) is 2.49. The molecule has 0 aromatic heterocycles. The van der Waals surface area contributed by atoms with Gasteiger partial charge in [-0.3, -0.25) is 0 Å². The summed E-state index contributed by atoms with van der Waals surface area (Å²) >= 11 is 9.43. The van der Waals surface area contributed by atoms with Crippen molar-refractivity contribution in [3.8, 4) is 0 Å². The van der Waals surface area contributed by atoms with Gasteiger partial charge < -0.3 is 5.32 Å². The Bertz CT molecular complexity index is 334. The van der Waals surface area contributed by atoms with Gasteiger partial charge in [-0.1, -0.05) is 30.5 Å². The molecule has 1 nitrogen and oxygen atoms in total. The van der Waals surface area contributed by atoms with Crippen molar-refractivity contribution >= 4 is 27.5 Å². The van der Waals surface area contributed by atoms with E-state index in [4.69, 9.17) is 11.6 Å². The average molecular weight is 289 g/mol. The number of nitrogens with one attached hydrogen (secondary N) is 1. The molecule has 0 atom stereocenters. The third-order valence-corrected chi connectivity index (χ3v) is 4.17. The number of rotatable bonds is 3. The van der Waals surface area contributed by atoms with Crippen molar-refractivity contribution in [3.05, 3.63) is 33.3 Å². The molecule has 0 spiro atoms. The second-order valence-electron chi connectivity index (χ2n) is 4.11. The zero-order chi connectivity index (χ0) is 10.7. The van der Waals surface area contributed by atoms with Crippen LogP contribution in [0, 0.1) is 0 Å². The summed E-state index contributed by atoms with van der Waals surface area (Å²) in [5.41, 5.74) is 1.26. The van der Waals surface area contributed by atoms with Crippen LogP contribution in [-0.2, 0) is 6.54 Å². The lowest BCUT2D eigenvalue weighted by Crippen LogP contribution is -2.25. The van der Waals surface area contributed by atoms with Gasteiger partial charge >= 0.3 is 0 Å². The second-order valence-corrected chi connectivity index (χ2v) is 5.37. The largest absolute Gasteiger partial charge is 0.310 e. The molecule has 0 heterocycles. The van der Waals surface area contributed by atoms with Gasteiger partial charge in [0.2, 0.25) is 0 Å². The van der Waals surface area contributed by atoms with E-state index in [1.165, 1.54) is 31.2 Å². The molecule has 0 bridgehead atoms. The molecule has 1 aliphatic rings. The van der Waals surface area contributed by atoms with Gasteiger partial charge in [-0.15, -0.1) is 0 Å². The Kier molecular flexibility index (Phi) is 4.06. The van der Waals surface area contributed by atoms with Gasteiger partial charge in [0, 0.05) is 17.1 Å². The van der Waals surface area contributed by atoms with Crippen LogP contribution in [0.4, 0.5) is 0 Å². The molecule has 1 N–H and O–H groups in total. The Morgan fingerprint density at radius 1 is 1.33 bits per heavy atom. The lowest BCUT2D eigenvalue weighted by molar-refractivity contribution is 0.524. The molecule has 82 valence electrons. The van der Waals surface area contributed by atoms with Crippen LogP contribution in [0.1, 0.15) is 31.2 Å². The lowest BCUT2D eigenvalue weighted by Gasteiger charge is -2.11. The average Bonchev–Trinajstić information content (AvgIpc) is 2.73. The Labute approximate surface area is 104 Å². The van der Waals surface area contributed by atoms with Gasteiger partial charge in [0.15, 0.2) is 0 Å². The normalized spacial score (nSPS) is 17.2. The van der Waals surface area contributed by atoms with E-state index in [0.29, 0.717) is 6.04 Å². The molecular formula is C12H15BrClN. The summed E-state index contributed by atoms with van der Waals surface area (Å²) in [7, 11) is 0. The molecule has 15 heavy (non-hydrogen) atoms. The Hall–Kier alpha value is -0.0500. The zero-order valence-corrected chi connectivity index (χ0v) is 10.9. The minimum Gasteiger partial charge on any atom is -0.310 e. The van der Waals surface area contributed by atoms with Crippen LogP contribution >= 0.6 is 27.5 Å². The Morgan fingerprint density at radius 2 is 2.07 bits per heavy atom. The number of hydrogen-bond donors (Lipinski definition) is 1. The smallest absolute Gasteiger partial charge is 0.0551 e. The van der Waals surface area contributed by atoms with E-state index in [0.717, 1.165) is 16.0 Å². The van der Waals surface area contributed by atoms with Gasteiger partial charge in [0.25, 0.3) is 0 Å². The maximum atomic E-state index is 6.03. The van der Waals surface area contributed by atoms with Crippen molar-refractivity contribution in [2.75, 3.05) is 0 Å². The highest BCUT2D eigenvalue weighted by Gasteiger charge is 2.13. The molecule has 1 fully saturated rings. The van der Waals surface area contributed by atoms with Gasteiger partial charge in [-0.25, -0.2) is 0 Å². The Balaban J connectivity index is 1.90. The topological polar surface area (TPSA) is 12.0 Å². The summed E-state index contributed by atoms with van der Waals surface area (Å²) in [6, 6.07) is 6.85. The highest BCUT2D eigenvalue weighted by molar-refractivity contribution is 9.10. The molecule has 0 aliphatic heterocycles. The lowest BCUT2D eigenvalue weighted by atomic mass is 10.2. The van der Waals surface area contributed by atoms with Crippen molar-refractivity contribution in [2.24, 2.45) is 0 Å². The summed E-state index contributed by atoms with van der Waals surface area (Å²) in [6.07, 6.45) is 5.39. The van der Waals surface area contributed by atoms with Gasteiger partial charge in [-0.2, -0.15) is 0 Å². The van der Waals surface area contributed by atoms with E-state index in [1.807, 2.05) is 12.1 Å². The molecule has 0 radical (unpaired) electrons. The predicted octanol–water partition coefficient (Wildman–Crippen LogP) is 4.13. The fraction of sp³-hybridized carbons (Fsp3) is 0.500. The predicted molar refractivity (Wildman–Crippen MR) is 68.2 cm³/mol. The monoisotopic (exact) mass is 287 g/mol. The second kappa shape index (κ2) is 5.33. The Morgan fingerprint density at radius 3 is 2.73 bits per heavy atom. The third-order valence-electron chi connectivity index (χ3n) is 2.93. The first-order valence-electron chi connectivity index (χ1n) is 5.43. The molecule has 0 saturated heterocycles. The van der Waals surface area contributed by atoms with Crippen LogP contribution in [0.5, 0.6) is 0 Å². The van der Waals surface area contributed by atoms with Crippen molar-refractivity contribution in [1.82, 2.24) is 5.32 Å². The summed E-state index contributed by atoms with van der Waals surface area (Å²) < 4.78 is 0.966. The van der Waals surface area contributed by atoms with E-state index in [-0.39, 0.29) is 0 Å². The fourth-order valence-electron chi connectivity index (χ4n) is 2.04. The third kappa shape index (κ3) is 3.20. The van der Waals surface area contributed by atoms with Crippen LogP contribution in [0.15, 0.2) is 22.7 Å². The van der Waals surface area contributed by atoms with Crippen molar-refractivity contribution < 1.29 is 0 Å². The van der Waals surface area contributed by atoms with E-state index in [1.54, 1.807) is 0 Å². The molecule has 0 amide bonds. The summed E-state index contributed by atoms with van der Waals surface area (Å²) in [4.78, 5) is 0. The molecule has 1 saturated carbocycles.